The first-order valence-electron chi connectivity index (χ1n) is 12.8. The minimum absolute atomic E-state index is 0.0247. The molecule has 2 atom stereocenters. The second-order valence-corrected chi connectivity index (χ2v) is 10.8. The van der Waals surface area contributed by atoms with Crippen molar-refractivity contribution in [3.05, 3.63) is 73.5 Å². The number of tetrazole rings is 1. The van der Waals surface area contributed by atoms with E-state index >= 15 is 0 Å². The third kappa shape index (κ3) is 5.28. The van der Waals surface area contributed by atoms with Gasteiger partial charge in [0.1, 0.15) is 0 Å². The number of aromatic nitrogens is 5. The maximum atomic E-state index is 13.3. The van der Waals surface area contributed by atoms with Crippen LogP contribution in [-0.2, 0) is 24.4 Å². The number of benzene rings is 1. The fourth-order valence-electron chi connectivity index (χ4n) is 5.10. The first kappa shape index (κ1) is 24.8. The molecule has 0 amide bonds. The number of aryl methyl sites for hydroxylation is 2. The van der Waals surface area contributed by atoms with E-state index in [1.54, 1.807) is 11.3 Å². The van der Waals surface area contributed by atoms with E-state index in [1.165, 1.54) is 10.4 Å². The van der Waals surface area contributed by atoms with Crippen LogP contribution in [0.25, 0.3) is 10.9 Å². The maximum absolute atomic E-state index is 13.3. The number of nitrogens with one attached hydrogen (secondary N) is 1. The van der Waals surface area contributed by atoms with Crippen molar-refractivity contribution in [3.8, 4) is 0 Å². The number of pyridine rings is 1. The number of hydrogen-bond acceptors (Lipinski definition) is 7. The van der Waals surface area contributed by atoms with Crippen molar-refractivity contribution in [2.75, 3.05) is 6.61 Å². The summed E-state index contributed by atoms with van der Waals surface area (Å²) in [7, 11) is 0. The molecule has 0 radical (unpaired) electrons. The molecule has 5 rings (SSSR count). The number of H-pyrrole nitrogens is 1. The molecule has 36 heavy (non-hydrogen) atoms. The van der Waals surface area contributed by atoms with Gasteiger partial charge in [-0.2, -0.15) is 0 Å². The van der Waals surface area contributed by atoms with Crippen molar-refractivity contribution in [3.63, 3.8) is 0 Å². The molecule has 0 saturated carbocycles. The molecule has 1 N–H and O–H groups in total. The summed E-state index contributed by atoms with van der Waals surface area (Å²) in [5, 5.41) is 16.0. The molecule has 9 heteroatoms. The van der Waals surface area contributed by atoms with Crippen LogP contribution in [0, 0.1) is 13.8 Å². The zero-order chi connectivity index (χ0) is 25.1. The first-order chi connectivity index (χ1) is 17.5. The average Bonchev–Trinajstić information content (AvgIpc) is 3.65. The summed E-state index contributed by atoms with van der Waals surface area (Å²) < 4.78 is 7.77. The van der Waals surface area contributed by atoms with E-state index in [9.17, 15) is 4.79 Å². The summed E-state index contributed by atoms with van der Waals surface area (Å²) >= 11 is 1.73. The third-order valence-electron chi connectivity index (χ3n) is 7.20. The van der Waals surface area contributed by atoms with E-state index in [-0.39, 0.29) is 17.7 Å². The molecule has 1 aliphatic heterocycles. The van der Waals surface area contributed by atoms with E-state index in [2.05, 4.69) is 75.8 Å². The Kier molecular flexibility index (Phi) is 7.59. The summed E-state index contributed by atoms with van der Waals surface area (Å²) in [6.45, 7) is 8.99. The third-order valence-corrected chi connectivity index (χ3v) is 8.06. The lowest BCUT2D eigenvalue weighted by molar-refractivity contribution is 0.0885. The largest absolute Gasteiger partial charge is 0.376 e. The van der Waals surface area contributed by atoms with Crippen molar-refractivity contribution in [2.24, 2.45) is 0 Å². The molecule has 3 aromatic heterocycles. The number of thiophene rings is 1. The molecular formula is C27H34N6O2S. The SMILES string of the molecule is CCC[C@H](c1nnnn1C[C@@H]1CCCO1)N(Cc1cccs1)Cc1cc2ccc(C)c(C)c2[nH]c1=O. The van der Waals surface area contributed by atoms with Crippen molar-refractivity contribution in [1.82, 2.24) is 30.1 Å². The monoisotopic (exact) mass is 506 g/mol. The van der Waals surface area contributed by atoms with Gasteiger partial charge in [0.15, 0.2) is 5.82 Å². The van der Waals surface area contributed by atoms with Crippen molar-refractivity contribution in [2.45, 2.75) is 78.2 Å². The van der Waals surface area contributed by atoms with E-state index in [1.807, 2.05) is 10.7 Å². The van der Waals surface area contributed by atoms with Crippen LogP contribution in [0.3, 0.4) is 0 Å². The van der Waals surface area contributed by atoms with Gasteiger partial charge in [0.05, 0.1) is 24.2 Å². The Morgan fingerprint density at radius 2 is 2.17 bits per heavy atom. The van der Waals surface area contributed by atoms with Gasteiger partial charge in [0.2, 0.25) is 0 Å². The minimum atomic E-state index is -0.0402. The van der Waals surface area contributed by atoms with Gasteiger partial charge in [-0.3, -0.25) is 9.69 Å². The number of hydrogen-bond donors (Lipinski definition) is 1. The molecule has 4 heterocycles. The van der Waals surface area contributed by atoms with Crippen LogP contribution in [-0.4, -0.2) is 42.8 Å². The van der Waals surface area contributed by atoms with Crippen LogP contribution in [0.1, 0.15) is 66.0 Å². The zero-order valence-electron chi connectivity index (χ0n) is 21.2. The molecule has 8 nitrogen and oxygen atoms in total. The fourth-order valence-corrected chi connectivity index (χ4v) is 5.82. The molecule has 1 aromatic carbocycles. The smallest absolute Gasteiger partial charge is 0.252 e. The lowest BCUT2D eigenvalue weighted by Crippen LogP contribution is -2.33. The Balaban J connectivity index is 1.51. The number of rotatable bonds is 10. The lowest BCUT2D eigenvalue weighted by Gasteiger charge is -2.30. The van der Waals surface area contributed by atoms with E-state index in [0.29, 0.717) is 13.1 Å². The molecule has 0 bridgehead atoms. The molecule has 0 spiro atoms. The molecule has 1 fully saturated rings. The van der Waals surface area contributed by atoms with Gasteiger partial charge < -0.3 is 9.72 Å². The van der Waals surface area contributed by atoms with Crippen molar-refractivity contribution in [1.29, 1.82) is 0 Å². The summed E-state index contributed by atoms with van der Waals surface area (Å²) in [5.41, 5.74) is 3.91. The predicted octanol–water partition coefficient (Wildman–Crippen LogP) is 4.92. The summed E-state index contributed by atoms with van der Waals surface area (Å²) in [4.78, 5) is 20.0. The van der Waals surface area contributed by atoms with Gasteiger partial charge >= 0.3 is 0 Å². The summed E-state index contributed by atoms with van der Waals surface area (Å²) in [6, 6.07) is 10.4. The van der Waals surface area contributed by atoms with Gasteiger partial charge in [-0.1, -0.05) is 31.5 Å². The zero-order valence-corrected chi connectivity index (χ0v) is 22.1. The normalized spacial score (nSPS) is 16.8. The van der Waals surface area contributed by atoms with Gasteiger partial charge in [0.25, 0.3) is 5.56 Å². The van der Waals surface area contributed by atoms with Crippen LogP contribution in [0.4, 0.5) is 0 Å². The van der Waals surface area contributed by atoms with Gasteiger partial charge in [0, 0.05) is 30.1 Å². The fraction of sp³-hybridized carbons (Fsp3) is 0.481. The maximum Gasteiger partial charge on any atom is 0.252 e. The molecule has 0 aliphatic carbocycles. The van der Waals surface area contributed by atoms with Crippen LogP contribution in [0.2, 0.25) is 0 Å². The van der Waals surface area contributed by atoms with Crippen LogP contribution in [0.5, 0.6) is 0 Å². The van der Waals surface area contributed by atoms with Crippen LogP contribution < -0.4 is 5.56 Å². The first-order valence-corrected chi connectivity index (χ1v) is 13.7. The van der Waals surface area contributed by atoms with E-state index in [4.69, 9.17) is 4.74 Å². The number of nitrogens with zero attached hydrogens (tertiary/aromatic N) is 5. The number of fused-ring (bicyclic) bond motifs is 1. The highest BCUT2D eigenvalue weighted by molar-refractivity contribution is 7.09. The molecule has 1 aliphatic rings. The quantitative estimate of drug-likeness (QED) is 0.329. The van der Waals surface area contributed by atoms with Gasteiger partial charge in [-0.25, -0.2) is 4.68 Å². The second kappa shape index (κ2) is 11.0. The van der Waals surface area contributed by atoms with Gasteiger partial charge in [-0.05, 0) is 77.6 Å². The topological polar surface area (TPSA) is 88.9 Å². The highest BCUT2D eigenvalue weighted by Gasteiger charge is 2.28. The Morgan fingerprint density at radius 1 is 1.28 bits per heavy atom. The molecule has 1 saturated heterocycles. The highest BCUT2D eigenvalue weighted by Crippen LogP contribution is 2.30. The molecule has 4 aromatic rings. The standard InChI is InChI=1S/C27H34N6O2S/c1-4-7-24(26-29-30-31-33(26)16-22-8-5-12-35-22)32(17-23-9-6-13-36-23)15-21-14-20-11-10-18(2)19(3)25(20)28-27(21)34/h6,9-11,13-14,22,24H,4-5,7-8,12,15-17H2,1-3H3,(H,28,34)/t22-,24+/m0/s1. The van der Waals surface area contributed by atoms with Gasteiger partial charge in [-0.15, -0.1) is 16.4 Å². The minimum Gasteiger partial charge on any atom is -0.376 e. The van der Waals surface area contributed by atoms with Crippen molar-refractivity contribution < 1.29 is 4.74 Å². The molecule has 190 valence electrons. The summed E-state index contributed by atoms with van der Waals surface area (Å²) in [5.74, 6) is 0.840. The predicted molar refractivity (Wildman–Crippen MR) is 142 cm³/mol. The van der Waals surface area contributed by atoms with Crippen molar-refractivity contribution >= 4 is 22.2 Å². The average molecular weight is 507 g/mol. The molecular weight excluding hydrogens is 472 g/mol. The number of aromatic amines is 1. The highest BCUT2D eigenvalue weighted by atomic mass is 32.1. The summed E-state index contributed by atoms with van der Waals surface area (Å²) in [6.07, 6.45) is 4.12. The second-order valence-electron chi connectivity index (χ2n) is 9.74. The van der Waals surface area contributed by atoms with E-state index in [0.717, 1.165) is 66.7 Å². The number of ether oxygens (including phenoxy) is 1. The van der Waals surface area contributed by atoms with E-state index < -0.39 is 0 Å². The van der Waals surface area contributed by atoms with Crippen LogP contribution in [0.15, 0.2) is 40.5 Å². The Hall–Kier alpha value is -2.88. The molecule has 0 unspecified atom stereocenters. The Morgan fingerprint density at radius 3 is 2.92 bits per heavy atom. The Bertz CT molecular complexity index is 1360. The Labute approximate surface area is 215 Å². The van der Waals surface area contributed by atoms with Crippen LogP contribution >= 0.6 is 11.3 Å². The lowest BCUT2D eigenvalue weighted by atomic mass is 10.0.